The molecule has 0 atom stereocenters. The molecule has 0 aliphatic carbocycles. The van der Waals surface area contributed by atoms with E-state index in [1.807, 2.05) is 42.5 Å². The number of benzene rings is 3. The van der Waals surface area contributed by atoms with E-state index in [-0.39, 0.29) is 10.6 Å². The van der Waals surface area contributed by atoms with Gasteiger partial charge in [-0.15, -0.1) is 0 Å². The number of hydrogen-bond donors (Lipinski definition) is 0. The highest BCUT2D eigenvalue weighted by Gasteiger charge is 2.15. The Hall–Kier alpha value is -2.65. The van der Waals surface area contributed by atoms with Crippen LogP contribution in [0, 0.1) is 10.1 Å². The van der Waals surface area contributed by atoms with Gasteiger partial charge < -0.3 is 0 Å². The molecular formula is C18H12ClNO2. The van der Waals surface area contributed by atoms with E-state index >= 15 is 0 Å². The molecule has 0 aliphatic rings. The summed E-state index contributed by atoms with van der Waals surface area (Å²) in [6.45, 7) is 0. The van der Waals surface area contributed by atoms with Gasteiger partial charge in [0, 0.05) is 11.1 Å². The summed E-state index contributed by atoms with van der Waals surface area (Å²) < 4.78 is 0. The van der Waals surface area contributed by atoms with Gasteiger partial charge in [-0.05, 0) is 41.0 Å². The molecule has 0 fully saturated rings. The van der Waals surface area contributed by atoms with Crippen LogP contribution in [-0.4, -0.2) is 4.92 Å². The summed E-state index contributed by atoms with van der Waals surface area (Å²) in [6, 6.07) is 22.0. The van der Waals surface area contributed by atoms with Crippen LogP contribution < -0.4 is 0 Å². The second-order valence-corrected chi connectivity index (χ2v) is 5.31. The van der Waals surface area contributed by atoms with E-state index < -0.39 is 0 Å². The normalized spacial score (nSPS) is 10.4. The predicted octanol–water partition coefficient (Wildman–Crippen LogP) is 5.58. The summed E-state index contributed by atoms with van der Waals surface area (Å²) in [5, 5.41) is 11.8. The lowest BCUT2D eigenvalue weighted by atomic mass is 9.98. The van der Waals surface area contributed by atoms with Crippen LogP contribution in [-0.2, 0) is 0 Å². The standard InChI is InChI=1S/C18H12ClNO2/c19-16-11-14(13-6-2-1-3-7-13)10-15(12-16)17-8-4-5-9-18(17)20(21)22/h1-12H. The van der Waals surface area contributed by atoms with Crippen molar-refractivity contribution in [3.8, 4) is 22.3 Å². The zero-order valence-electron chi connectivity index (χ0n) is 11.6. The zero-order valence-corrected chi connectivity index (χ0v) is 12.3. The summed E-state index contributed by atoms with van der Waals surface area (Å²) in [6.07, 6.45) is 0. The summed E-state index contributed by atoms with van der Waals surface area (Å²) in [5.74, 6) is 0. The maximum Gasteiger partial charge on any atom is 0.277 e. The quantitative estimate of drug-likeness (QED) is 0.468. The summed E-state index contributed by atoms with van der Waals surface area (Å²) in [5.41, 5.74) is 3.32. The van der Waals surface area contributed by atoms with Gasteiger partial charge >= 0.3 is 0 Å². The highest BCUT2D eigenvalue weighted by molar-refractivity contribution is 6.31. The highest BCUT2D eigenvalue weighted by Crippen LogP contribution is 2.34. The number of nitrogens with zero attached hydrogens (tertiary/aromatic N) is 1. The van der Waals surface area contributed by atoms with Gasteiger partial charge in [0.2, 0.25) is 0 Å². The molecule has 3 nitrogen and oxygen atoms in total. The molecule has 4 heteroatoms. The van der Waals surface area contributed by atoms with Gasteiger partial charge in [-0.25, -0.2) is 0 Å². The van der Waals surface area contributed by atoms with Gasteiger partial charge in [0.1, 0.15) is 0 Å². The molecule has 0 spiro atoms. The SMILES string of the molecule is O=[N+]([O-])c1ccccc1-c1cc(Cl)cc(-c2ccccc2)c1. The van der Waals surface area contributed by atoms with E-state index in [4.69, 9.17) is 11.6 Å². The second-order valence-electron chi connectivity index (χ2n) is 4.87. The van der Waals surface area contributed by atoms with Gasteiger partial charge in [0.25, 0.3) is 5.69 Å². The molecular weight excluding hydrogens is 298 g/mol. The first-order chi connectivity index (χ1) is 10.6. The van der Waals surface area contributed by atoms with E-state index in [0.29, 0.717) is 10.6 Å². The first-order valence-corrected chi connectivity index (χ1v) is 7.13. The summed E-state index contributed by atoms with van der Waals surface area (Å²) in [7, 11) is 0. The van der Waals surface area contributed by atoms with Crippen LogP contribution >= 0.6 is 11.6 Å². The van der Waals surface area contributed by atoms with Crippen molar-refractivity contribution in [1.29, 1.82) is 0 Å². The van der Waals surface area contributed by atoms with Crippen molar-refractivity contribution in [2.75, 3.05) is 0 Å². The molecule has 0 aliphatic heterocycles. The molecule has 0 heterocycles. The Kier molecular flexibility index (Phi) is 3.90. The average Bonchev–Trinajstić information content (AvgIpc) is 2.55. The van der Waals surface area contributed by atoms with Crippen molar-refractivity contribution >= 4 is 17.3 Å². The third-order valence-corrected chi connectivity index (χ3v) is 3.63. The van der Waals surface area contributed by atoms with Crippen LogP contribution in [0.1, 0.15) is 0 Å². The number of nitro benzene ring substituents is 1. The topological polar surface area (TPSA) is 43.1 Å². The summed E-state index contributed by atoms with van der Waals surface area (Å²) in [4.78, 5) is 10.8. The number of halogens is 1. The second kappa shape index (κ2) is 6.00. The maximum absolute atomic E-state index is 11.2. The average molecular weight is 310 g/mol. The lowest BCUT2D eigenvalue weighted by Gasteiger charge is -2.08. The van der Waals surface area contributed by atoms with Crippen LogP contribution in [0.3, 0.4) is 0 Å². The fourth-order valence-electron chi connectivity index (χ4n) is 2.42. The van der Waals surface area contributed by atoms with Crippen LogP contribution in [0.25, 0.3) is 22.3 Å². The summed E-state index contributed by atoms with van der Waals surface area (Å²) >= 11 is 6.21. The monoisotopic (exact) mass is 309 g/mol. The number of hydrogen-bond acceptors (Lipinski definition) is 2. The van der Waals surface area contributed by atoms with Crippen molar-refractivity contribution in [1.82, 2.24) is 0 Å². The molecule has 108 valence electrons. The fraction of sp³-hybridized carbons (Fsp3) is 0. The molecule has 3 aromatic rings. The molecule has 3 rings (SSSR count). The van der Waals surface area contributed by atoms with Crippen molar-refractivity contribution < 1.29 is 4.92 Å². The van der Waals surface area contributed by atoms with E-state index in [0.717, 1.165) is 16.7 Å². The number of para-hydroxylation sites is 1. The van der Waals surface area contributed by atoms with Crippen molar-refractivity contribution in [3.63, 3.8) is 0 Å². The zero-order chi connectivity index (χ0) is 15.5. The van der Waals surface area contributed by atoms with Crippen LogP contribution in [0.5, 0.6) is 0 Å². The molecule has 0 bridgehead atoms. The molecule has 0 saturated carbocycles. The number of nitro groups is 1. The maximum atomic E-state index is 11.2. The highest BCUT2D eigenvalue weighted by atomic mass is 35.5. The Balaban J connectivity index is 2.17. The third kappa shape index (κ3) is 2.85. The van der Waals surface area contributed by atoms with Gasteiger partial charge in [-0.3, -0.25) is 10.1 Å². The van der Waals surface area contributed by atoms with Gasteiger partial charge in [0.05, 0.1) is 10.5 Å². The fourth-order valence-corrected chi connectivity index (χ4v) is 2.65. The van der Waals surface area contributed by atoms with Crippen molar-refractivity contribution in [2.24, 2.45) is 0 Å². The van der Waals surface area contributed by atoms with E-state index in [2.05, 4.69) is 0 Å². The molecule has 0 N–H and O–H groups in total. The molecule has 0 radical (unpaired) electrons. The minimum atomic E-state index is -0.377. The van der Waals surface area contributed by atoms with Crippen LogP contribution in [0.2, 0.25) is 5.02 Å². The van der Waals surface area contributed by atoms with Crippen molar-refractivity contribution in [3.05, 3.63) is 87.9 Å². The lowest BCUT2D eigenvalue weighted by molar-refractivity contribution is -0.384. The molecule has 0 saturated heterocycles. The predicted molar refractivity (Wildman–Crippen MR) is 89.0 cm³/mol. The Bertz CT molecular complexity index is 832. The van der Waals surface area contributed by atoms with Gasteiger partial charge in [-0.2, -0.15) is 0 Å². The lowest BCUT2D eigenvalue weighted by Crippen LogP contribution is -1.92. The Morgan fingerprint density at radius 1 is 0.773 bits per heavy atom. The Morgan fingerprint density at radius 2 is 1.41 bits per heavy atom. The van der Waals surface area contributed by atoms with E-state index in [1.165, 1.54) is 6.07 Å². The first-order valence-electron chi connectivity index (χ1n) is 6.75. The van der Waals surface area contributed by atoms with Crippen molar-refractivity contribution in [2.45, 2.75) is 0 Å². The largest absolute Gasteiger partial charge is 0.277 e. The molecule has 22 heavy (non-hydrogen) atoms. The smallest absolute Gasteiger partial charge is 0.258 e. The van der Waals surface area contributed by atoms with E-state index in [1.54, 1.807) is 24.3 Å². The molecule has 0 unspecified atom stereocenters. The molecule has 0 amide bonds. The van der Waals surface area contributed by atoms with Gasteiger partial charge in [0.15, 0.2) is 0 Å². The van der Waals surface area contributed by atoms with E-state index in [9.17, 15) is 10.1 Å². The molecule has 0 aromatic heterocycles. The van der Waals surface area contributed by atoms with Crippen LogP contribution in [0.15, 0.2) is 72.8 Å². The number of rotatable bonds is 3. The third-order valence-electron chi connectivity index (χ3n) is 3.42. The Morgan fingerprint density at radius 3 is 2.14 bits per heavy atom. The first kappa shape index (κ1) is 14.3. The minimum absolute atomic E-state index is 0.0729. The molecule has 3 aromatic carbocycles. The van der Waals surface area contributed by atoms with Crippen LogP contribution in [0.4, 0.5) is 5.69 Å². The Labute approximate surface area is 133 Å². The minimum Gasteiger partial charge on any atom is -0.258 e. The van der Waals surface area contributed by atoms with Gasteiger partial charge in [-0.1, -0.05) is 54.1 Å².